The Hall–Kier alpha value is -1.32. The van der Waals surface area contributed by atoms with Crippen molar-refractivity contribution in [2.45, 2.75) is 13.0 Å². The van der Waals surface area contributed by atoms with Gasteiger partial charge in [0.15, 0.2) is 0 Å². The van der Waals surface area contributed by atoms with Gasteiger partial charge >= 0.3 is 0 Å². The molecule has 58 valence electrons. The van der Waals surface area contributed by atoms with Crippen LogP contribution in [-0.2, 0) is 6.54 Å². The van der Waals surface area contributed by atoms with Crippen LogP contribution in [0.5, 0.6) is 0 Å². The van der Waals surface area contributed by atoms with Crippen LogP contribution in [0.15, 0.2) is 12.5 Å². The number of aryl methyl sites for hydroxylation is 1. The molecule has 1 amide bonds. The van der Waals surface area contributed by atoms with E-state index >= 15 is 0 Å². The minimum Gasteiger partial charge on any atom is -0.351 e. The van der Waals surface area contributed by atoms with E-state index in [-0.39, 0.29) is 5.91 Å². The highest BCUT2D eigenvalue weighted by molar-refractivity contribution is 5.92. The van der Waals surface area contributed by atoms with E-state index in [0.717, 1.165) is 19.5 Å². The number of fused-ring (bicyclic) bond motifs is 1. The highest BCUT2D eigenvalue weighted by atomic mass is 16.2. The van der Waals surface area contributed by atoms with Gasteiger partial charge in [-0.05, 0) is 6.42 Å². The number of aromatic nitrogens is 2. The Morgan fingerprint density at radius 3 is 3.45 bits per heavy atom. The van der Waals surface area contributed by atoms with Crippen LogP contribution < -0.4 is 5.32 Å². The smallest absolute Gasteiger partial charge is 0.269 e. The average Bonchev–Trinajstić information content (AvgIpc) is 2.40. The van der Waals surface area contributed by atoms with Crippen molar-refractivity contribution in [3.63, 3.8) is 0 Å². The molecule has 1 aliphatic rings. The first-order valence-electron chi connectivity index (χ1n) is 3.66. The van der Waals surface area contributed by atoms with Crippen LogP contribution in [0.4, 0.5) is 0 Å². The summed E-state index contributed by atoms with van der Waals surface area (Å²) in [5.41, 5.74) is 0.669. The van der Waals surface area contributed by atoms with Gasteiger partial charge in [0.05, 0.1) is 12.5 Å². The number of hydrogen-bond donors (Lipinski definition) is 1. The molecule has 0 spiro atoms. The van der Waals surface area contributed by atoms with Gasteiger partial charge < -0.3 is 9.88 Å². The Morgan fingerprint density at radius 1 is 1.64 bits per heavy atom. The molecule has 0 fully saturated rings. The number of imidazole rings is 1. The summed E-state index contributed by atoms with van der Waals surface area (Å²) in [6, 6.07) is 0. The van der Waals surface area contributed by atoms with Crippen LogP contribution in [-0.4, -0.2) is 22.0 Å². The fourth-order valence-electron chi connectivity index (χ4n) is 1.23. The highest BCUT2D eigenvalue weighted by Gasteiger charge is 2.13. The van der Waals surface area contributed by atoms with Gasteiger partial charge in [0, 0.05) is 13.1 Å². The normalized spacial score (nSPS) is 16.9. The Kier molecular flexibility index (Phi) is 1.38. The lowest BCUT2D eigenvalue weighted by atomic mass is 10.4. The second kappa shape index (κ2) is 2.38. The molecule has 0 saturated heterocycles. The number of nitrogens with one attached hydrogen (secondary N) is 1. The van der Waals surface area contributed by atoms with E-state index in [1.165, 1.54) is 0 Å². The van der Waals surface area contributed by atoms with E-state index in [1.807, 2.05) is 4.57 Å². The zero-order valence-corrected chi connectivity index (χ0v) is 6.08. The van der Waals surface area contributed by atoms with Crippen molar-refractivity contribution in [2.75, 3.05) is 6.54 Å². The first-order chi connectivity index (χ1) is 5.38. The van der Waals surface area contributed by atoms with E-state index in [1.54, 1.807) is 12.5 Å². The molecule has 0 bridgehead atoms. The van der Waals surface area contributed by atoms with E-state index in [0.29, 0.717) is 5.69 Å². The second-order valence-electron chi connectivity index (χ2n) is 2.58. The number of hydrogen-bond acceptors (Lipinski definition) is 2. The predicted octanol–water partition coefficient (Wildman–Crippen LogP) is 0.0166. The molecule has 0 saturated carbocycles. The third-order valence-electron chi connectivity index (χ3n) is 1.81. The number of rotatable bonds is 0. The minimum absolute atomic E-state index is 0.0139. The lowest BCUT2D eigenvalue weighted by Crippen LogP contribution is -2.22. The van der Waals surface area contributed by atoms with Crippen LogP contribution in [0.25, 0.3) is 0 Å². The van der Waals surface area contributed by atoms with Gasteiger partial charge in [-0.25, -0.2) is 4.98 Å². The second-order valence-corrected chi connectivity index (χ2v) is 2.58. The van der Waals surface area contributed by atoms with Crippen molar-refractivity contribution >= 4 is 5.91 Å². The lowest BCUT2D eigenvalue weighted by Gasteiger charge is -1.97. The molecule has 0 atom stereocenters. The Morgan fingerprint density at radius 2 is 2.55 bits per heavy atom. The molecule has 4 nitrogen and oxygen atoms in total. The average molecular weight is 151 g/mol. The third-order valence-corrected chi connectivity index (χ3v) is 1.81. The molecule has 2 heterocycles. The largest absolute Gasteiger partial charge is 0.351 e. The van der Waals surface area contributed by atoms with Crippen LogP contribution in [0.2, 0.25) is 0 Å². The van der Waals surface area contributed by atoms with Crippen molar-refractivity contribution in [2.24, 2.45) is 0 Å². The Labute approximate surface area is 64.2 Å². The van der Waals surface area contributed by atoms with Crippen molar-refractivity contribution in [1.82, 2.24) is 14.9 Å². The van der Waals surface area contributed by atoms with E-state index in [4.69, 9.17) is 0 Å². The molecule has 2 rings (SSSR count). The molecule has 0 aromatic carbocycles. The van der Waals surface area contributed by atoms with E-state index in [2.05, 4.69) is 10.3 Å². The minimum atomic E-state index is -0.0139. The van der Waals surface area contributed by atoms with Gasteiger partial charge in [0.1, 0.15) is 5.69 Å². The molecule has 0 aliphatic carbocycles. The molecular formula is C7H9N3O. The van der Waals surface area contributed by atoms with Gasteiger partial charge in [0.2, 0.25) is 0 Å². The number of carbonyl (C=O) groups is 1. The molecule has 1 N–H and O–H groups in total. The number of nitrogens with zero attached hydrogens (tertiary/aromatic N) is 2. The van der Waals surface area contributed by atoms with Crippen molar-refractivity contribution < 1.29 is 4.79 Å². The van der Waals surface area contributed by atoms with Gasteiger partial charge in [-0.3, -0.25) is 4.79 Å². The maximum atomic E-state index is 11.2. The zero-order valence-electron chi connectivity index (χ0n) is 6.08. The summed E-state index contributed by atoms with van der Waals surface area (Å²) in [7, 11) is 0. The van der Waals surface area contributed by atoms with Crippen LogP contribution in [0.1, 0.15) is 16.9 Å². The topological polar surface area (TPSA) is 46.9 Å². The zero-order chi connectivity index (χ0) is 7.68. The fraction of sp³-hybridized carbons (Fsp3) is 0.429. The van der Waals surface area contributed by atoms with E-state index < -0.39 is 0 Å². The Bertz CT molecular complexity index is 279. The van der Waals surface area contributed by atoms with Crippen LogP contribution in [0, 0.1) is 0 Å². The summed E-state index contributed by atoms with van der Waals surface area (Å²) in [5.74, 6) is -0.0139. The molecule has 0 unspecified atom stereocenters. The predicted molar refractivity (Wildman–Crippen MR) is 39.2 cm³/mol. The summed E-state index contributed by atoms with van der Waals surface area (Å²) in [6.45, 7) is 1.65. The van der Waals surface area contributed by atoms with Crippen LogP contribution in [0.3, 0.4) is 0 Å². The SMILES string of the molecule is O=C1NCCCn2cncc21. The number of carbonyl (C=O) groups excluding carboxylic acids is 1. The van der Waals surface area contributed by atoms with E-state index in [9.17, 15) is 4.79 Å². The van der Waals surface area contributed by atoms with Crippen LogP contribution >= 0.6 is 0 Å². The summed E-state index contributed by atoms with van der Waals surface area (Å²) in [6.07, 6.45) is 4.27. The third kappa shape index (κ3) is 1.00. The summed E-state index contributed by atoms with van der Waals surface area (Å²) >= 11 is 0. The summed E-state index contributed by atoms with van der Waals surface area (Å²) in [5, 5.41) is 2.79. The molecule has 1 aliphatic heterocycles. The van der Waals surface area contributed by atoms with Gasteiger partial charge in [-0.15, -0.1) is 0 Å². The van der Waals surface area contributed by atoms with Crippen molar-refractivity contribution in [3.8, 4) is 0 Å². The van der Waals surface area contributed by atoms with Gasteiger partial charge in [0.25, 0.3) is 5.91 Å². The van der Waals surface area contributed by atoms with Crippen molar-refractivity contribution in [1.29, 1.82) is 0 Å². The molecule has 1 aromatic rings. The summed E-state index contributed by atoms with van der Waals surface area (Å²) in [4.78, 5) is 15.1. The summed E-state index contributed by atoms with van der Waals surface area (Å²) < 4.78 is 1.88. The maximum absolute atomic E-state index is 11.2. The fourth-order valence-corrected chi connectivity index (χ4v) is 1.23. The molecular weight excluding hydrogens is 142 g/mol. The molecule has 11 heavy (non-hydrogen) atoms. The van der Waals surface area contributed by atoms with Gasteiger partial charge in [-0.2, -0.15) is 0 Å². The maximum Gasteiger partial charge on any atom is 0.269 e. The quantitative estimate of drug-likeness (QED) is 0.568. The molecule has 0 radical (unpaired) electrons. The van der Waals surface area contributed by atoms with Gasteiger partial charge in [-0.1, -0.05) is 0 Å². The Balaban J connectivity index is 2.41. The first kappa shape index (κ1) is 6.39. The molecule has 1 aromatic heterocycles. The molecule has 4 heteroatoms. The highest BCUT2D eigenvalue weighted by Crippen LogP contribution is 2.03. The standard InChI is InChI=1S/C7H9N3O/c11-7-6-4-8-5-10(6)3-1-2-9-7/h4-5H,1-3H2,(H,9,11). The number of amides is 1. The monoisotopic (exact) mass is 151 g/mol. The first-order valence-corrected chi connectivity index (χ1v) is 3.66. The van der Waals surface area contributed by atoms with Crippen molar-refractivity contribution in [3.05, 3.63) is 18.2 Å². The lowest BCUT2D eigenvalue weighted by molar-refractivity contribution is 0.0951.